The van der Waals surface area contributed by atoms with Gasteiger partial charge in [-0.05, 0) is 41.2 Å². The van der Waals surface area contributed by atoms with Crippen LogP contribution in [-0.4, -0.2) is 46.5 Å². The molecule has 3 rings (SSSR count). The first-order chi connectivity index (χ1) is 12.8. The van der Waals surface area contributed by atoms with Crippen molar-refractivity contribution in [3.05, 3.63) is 64.2 Å². The van der Waals surface area contributed by atoms with Crippen LogP contribution >= 0.6 is 11.6 Å². The summed E-state index contributed by atoms with van der Waals surface area (Å²) in [5.74, 6) is 0.852. The molecule has 2 aromatic rings. The Bertz CT molecular complexity index is 762. The standard InChI is InChI=1S/C21H25ClO5/c1-12(2)15-6-3-13(4-7-15)9-14-5-8-18(16(22)10-14)27-21-20(25)19(24)17(23)11-26-21/h3-8,10,12,17,19-21,23-25H,9,11H2,1-2H3/t17-,19-,20+,21+/m0/s1. The molecule has 5 nitrogen and oxygen atoms in total. The van der Waals surface area contributed by atoms with E-state index in [-0.39, 0.29) is 6.61 Å². The minimum atomic E-state index is -1.36. The molecule has 3 N–H and O–H groups in total. The largest absolute Gasteiger partial charge is 0.460 e. The Hall–Kier alpha value is -1.63. The van der Waals surface area contributed by atoms with Crippen LogP contribution in [0, 0.1) is 0 Å². The second-order valence-electron chi connectivity index (χ2n) is 7.21. The lowest BCUT2D eigenvalue weighted by Crippen LogP contribution is -2.54. The van der Waals surface area contributed by atoms with E-state index in [0.29, 0.717) is 16.7 Å². The van der Waals surface area contributed by atoms with E-state index >= 15 is 0 Å². The normalized spacial score (nSPS) is 25.6. The van der Waals surface area contributed by atoms with E-state index in [4.69, 9.17) is 21.1 Å². The van der Waals surface area contributed by atoms with Crippen molar-refractivity contribution in [3.8, 4) is 5.75 Å². The number of aliphatic hydroxyl groups excluding tert-OH is 3. The van der Waals surface area contributed by atoms with Gasteiger partial charge in [0.2, 0.25) is 6.29 Å². The van der Waals surface area contributed by atoms with Gasteiger partial charge in [0.1, 0.15) is 24.1 Å². The van der Waals surface area contributed by atoms with Gasteiger partial charge in [-0.2, -0.15) is 0 Å². The van der Waals surface area contributed by atoms with Gasteiger partial charge in [-0.3, -0.25) is 0 Å². The van der Waals surface area contributed by atoms with E-state index in [2.05, 4.69) is 38.1 Å². The monoisotopic (exact) mass is 392 g/mol. The van der Waals surface area contributed by atoms with Crippen molar-refractivity contribution >= 4 is 11.6 Å². The van der Waals surface area contributed by atoms with Crippen LogP contribution in [0.15, 0.2) is 42.5 Å². The fraction of sp³-hybridized carbons (Fsp3) is 0.429. The molecule has 0 bridgehead atoms. The average Bonchev–Trinajstić information content (AvgIpc) is 2.64. The summed E-state index contributed by atoms with van der Waals surface area (Å²) in [5, 5.41) is 29.6. The third-order valence-corrected chi connectivity index (χ3v) is 5.04. The molecule has 0 radical (unpaired) electrons. The van der Waals surface area contributed by atoms with Gasteiger partial charge in [0, 0.05) is 0 Å². The lowest BCUT2D eigenvalue weighted by molar-refractivity contribution is -0.242. The Morgan fingerprint density at radius 1 is 1.04 bits per heavy atom. The predicted octanol–water partition coefficient (Wildman–Crippen LogP) is 2.87. The molecular formula is C21H25ClO5. The first-order valence-corrected chi connectivity index (χ1v) is 9.42. The average molecular weight is 393 g/mol. The molecule has 1 heterocycles. The highest BCUT2D eigenvalue weighted by atomic mass is 35.5. The molecule has 0 spiro atoms. The maximum atomic E-state index is 9.97. The van der Waals surface area contributed by atoms with Crippen LogP contribution in [0.5, 0.6) is 5.75 Å². The fourth-order valence-corrected chi connectivity index (χ4v) is 3.26. The first-order valence-electron chi connectivity index (χ1n) is 9.05. The smallest absolute Gasteiger partial charge is 0.228 e. The van der Waals surface area contributed by atoms with E-state index in [9.17, 15) is 15.3 Å². The minimum Gasteiger partial charge on any atom is -0.460 e. The maximum absolute atomic E-state index is 9.97. The zero-order valence-electron chi connectivity index (χ0n) is 15.4. The molecule has 1 fully saturated rings. The van der Waals surface area contributed by atoms with Crippen molar-refractivity contribution in [2.24, 2.45) is 0 Å². The highest BCUT2D eigenvalue weighted by molar-refractivity contribution is 6.32. The lowest BCUT2D eigenvalue weighted by Gasteiger charge is -2.35. The molecule has 4 atom stereocenters. The van der Waals surface area contributed by atoms with Crippen molar-refractivity contribution < 1.29 is 24.8 Å². The van der Waals surface area contributed by atoms with Gasteiger partial charge in [0.05, 0.1) is 11.6 Å². The highest BCUT2D eigenvalue weighted by Crippen LogP contribution is 2.29. The summed E-state index contributed by atoms with van der Waals surface area (Å²) in [6.45, 7) is 4.21. The number of benzene rings is 2. The maximum Gasteiger partial charge on any atom is 0.228 e. The molecule has 0 unspecified atom stereocenters. The summed E-state index contributed by atoms with van der Waals surface area (Å²) in [5.41, 5.74) is 3.52. The van der Waals surface area contributed by atoms with E-state index in [1.807, 2.05) is 12.1 Å². The topological polar surface area (TPSA) is 79.2 Å². The van der Waals surface area contributed by atoms with Gasteiger partial charge in [-0.15, -0.1) is 0 Å². The molecule has 0 amide bonds. The molecular weight excluding hydrogens is 368 g/mol. The number of hydrogen-bond acceptors (Lipinski definition) is 5. The molecule has 0 aliphatic carbocycles. The second kappa shape index (κ2) is 8.59. The lowest BCUT2D eigenvalue weighted by atomic mass is 9.99. The van der Waals surface area contributed by atoms with E-state index in [0.717, 1.165) is 12.0 Å². The zero-order valence-corrected chi connectivity index (χ0v) is 16.1. The number of hydrogen-bond donors (Lipinski definition) is 3. The van der Waals surface area contributed by atoms with Gasteiger partial charge < -0.3 is 24.8 Å². The molecule has 1 saturated heterocycles. The summed E-state index contributed by atoms with van der Waals surface area (Å²) < 4.78 is 10.8. The van der Waals surface area contributed by atoms with Crippen LogP contribution in [0.3, 0.4) is 0 Å². The molecule has 0 saturated carbocycles. The minimum absolute atomic E-state index is 0.120. The third-order valence-electron chi connectivity index (χ3n) is 4.75. The summed E-state index contributed by atoms with van der Waals surface area (Å²) in [6, 6.07) is 13.9. The molecule has 0 aromatic heterocycles. The van der Waals surface area contributed by atoms with Crippen LogP contribution in [0.1, 0.15) is 36.5 Å². The quantitative estimate of drug-likeness (QED) is 0.729. The van der Waals surface area contributed by atoms with Crippen molar-refractivity contribution in [3.63, 3.8) is 0 Å². The van der Waals surface area contributed by atoms with E-state index < -0.39 is 24.6 Å². The van der Waals surface area contributed by atoms with Crippen molar-refractivity contribution in [1.29, 1.82) is 0 Å². The van der Waals surface area contributed by atoms with Crippen LogP contribution in [0.2, 0.25) is 5.02 Å². The Labute approximate surface area is 164 Å². The van der Waals surface area contributed by atoms with Gasteiger partial charge in [0.15, 0.2) is 0 Å². The molecule has 1 aliphatic rings. The van der Waals surface area contributed by atoms with Gasteiger partial charge in [-0.1, -0.05) is 55.8 Å². The Kier molecular flexibility index (Phi) is 6.40. The Morgan fingerprint density at radius 2 is 1.70 bits per heavy atom. The van der Waals surface area contributed by atoms with Gasteiger partial charge in [0.25, 0.3) is 0 Å². The number of rotatable bonds is 5. The summed E-state index contributed by atoms with van der Waals surface area (Å²) in [7, 11) is 0. The second-order valence-corrected chi connectivity index (χ2v) is 7.61. The van der Waals surface area contributed by atoms with Crippen LogP contribution < -0.4 is 4.74 Å². The Balaban J connectivity index is 1.67. The summed E-state index contributed by atoms with van der Waals surface area (Å²) >= 11 is 6.32. The molecule has 146 valence electrons. The number of halogens is 1. The number of aliphatic hydroxyl groups is 3. The van der Waals surface area contributed by atoms with Crippen LogP contribution in [0.25, 0.3) is 0 Å². The summed E-state index contributed by atoms with van der Waals surface area (Å²) in [6.07, 6.45) is -4.17. The van der Waals surface area contributed by atoms with Crippen molar-refractivity contribution in [2.75, 3.05) is 6.61 Å². The predicted molar refractivity (Wildman–Crippen MR) is 103 cm³/mol. The van der Waals surface area contributed by atoms with Gasteiger partial charge >= 0.3 is 0 Å². The molecule has 27 heavy (non-hydrogen) atoms. The molecule has 6 heteroatoms. The molecule has 1 aliphatic heterocycles. The number of ether oxygens (including phenoxy) is 2. The SMILES string of the molecule is CC(C)c1ccc(Cc2ccc(O[C@H]3OC[C@H](O)[C@H](O)[C@H]3O)c(Cl)c2)cc1. The summed E-state index contributed by atoms with van der Waals surface area (Å²) in [4.78, 5) is 0. The van der Waals surface area contributed by atoms with E-state index in [1.54, 1.807) is 6.07 Å². The first kappa shape index (κ1) is 20.1. The third kappa shape index (κ3) is 4.81. The van der Waals surface area contributed by atoms with Crippen molar-refractivity contribution in [2.45, 2.75) is 50.8 Å². The molecule has 2 aromatic carbocycles. The van der Waals surface area contributed by atoms with Gasteiger partial charge in [-0.25, -0.2) is 0 Å². The van der Waals surface area contributed by atoms with E-state index in [1.165, 1.54) is 11.1 Å². The Morgan fingerprint density at radius 3 is 2.33 bits per heavy atom. The zero-order chi connectivity index (χ0) is 19.6. The van der Waals surface area contributed by atoms with Crippen LogP contribution in [0.4, 0.5) is 0 Å². The fourth-order valence-electron chi connectivity index (χ4n) is 3.01. The highest BCUT2D eigenvalue weighted by Gasteiger charge is 2.39. The van der Waals surface area contributed by atoms with Crippen LogP contribution in [-0.2, 0) is 11.2 Å². The van der Waals surface area contributed by atoms with Crippen molar-refractivity contribution in [1.82, 2.24) is 0 Å².